The number of nitrogens with one attached hydrogen (secondary N) is 1. The Balaban J connectivity index is 1.86. The zero-order valence-electron chi connectivity index (χ0n) is 13.6. The van der Waals surface area contributed by atoms with Crippen molar-refractivity contribution < 1.29 is 9.18 Å². The number of benzene rings is 1. The number of anilines is 1. The minimum Gasteiger partial charge on any atom is -0.330 e. The van der Waals surface area contributed by atoms with Gasteiger partial charge in [0.2, 0.25) is 5.91 Å². The molecule has 2 aromatic rings. The van der Waals surface area contributed by atoms with Crippen LogP contribution in [0.5, 0.6) is 0 Å². The summed E-state index contributed by atoms with van der Waals surface area (Å²) in [4.78, 5) is 11.8. The van der Waals surface area contributed by atoms with E-state index in [-0.39, 0.29) is 18.0 Å². The molecule has 128 valence electrons. The third kappa shape index (κ3) is 3.62. The van der Waals surface area contributed by atoms with Crippen LogP contribution in [0.15, 0.2) is 18.2 Å². The highest BCUT2D eigenvalue weighted by atomic mass is 19.1. The predicted octanol–water partition coefficient (Wildman–Crippen LogP) is 2.49. The van der Waals surface area contributed by atoms with E-state index in [1.165, 1.54) is 12.5 Å². The molecule has 6 nitrogen and oxygen atoms in total. The largest absolute Gasteiger partial charge is 0.330 e. The van der Waals surface area contributed by atoms with E-state index in [2.05, 4.69) is 20.1 Å². The van der Waals surface area contributed by atoms with Gasteiger partial charge in [-0.15, -0.1) is 10.2 Å². The molecule has 0 unspecified atom stereocenters. The molecule has 7 heteroatoms. The first-order chi connectivity index (χ1) is 11.7. The molecule has 24 heavy (non-hydrogen) atoms. The Labute approximate surface area is 140 Å². The smallest absolute Gasteiger partial charge is 0.224 e. The van der Waals surface area contributed by atoms with Crippen molar-refractivity contribution in [2.24, 2.45) is 5.73 Å². The number of rotatable bonds is 5. The van der Waals surface area contributed by atoms with Gasteiger partial charge in [0, 0.05) is 24.9 Å². The number of fused-ring (bicyclic) bond motifs is 1. The van der Waals surface area contributed by atoms with Gasteiger partial charge in [-0.3, -0.25) is 4.79 Å². The van der Waals surface area contributed by atoms with Gasteiger partial charge in [-0.1, -0.05) is 6.42 Å². The van der Waals surface area contributed by atoms with E-state index in [0.717, 1.165) is 43.0 Å². The number of hydrogen-bond acceptors (Lipinski definition) is 4. The zero-order valence-corrected chi connectivity index (χ0v) is 13.6. The molecule has 3 N–H and O–H groups in total. The zero-order chi connectivity index (χ0) is 16.9. The second-order valence-electron chi connectivity index (χ2n) is 6.04. The average Bonchev–Trinajstić information content (AvgIpc) is 2.83. The molecule has 2 heterocycles. The highest BCUT2D eigenvalue weighted by molar-refractivity contribution is 5.91. The van der Waals surface area contributed by atoms with Crippen molar-refractivity contribution in [1.29, 1.82) is 0 Å². The van der Waals surface area contributed by atoms with Crippen molar-refractivity contribution in [2.75, 3.05) is 11.9 Å². The summed E-state index contributed by atoms with van der Waals surface area (Å²) >= 11 is 0. The fourth-order valence-corrected chi connectivity index (χ4v) is 2.93. The second kappa shape index (κ2) is 7.53. The molecular weight excluding hydrogens is 309 g/mol. The summed E-state index contributed by atoms with van der Waals surface area (Å²) in [5, 5.41) is 11.1. The fraction of sp³-hybridized carbons (Fsp3) is 0.471. The Morgan fingerprint density at radius 2 is 2.17 bits per heavy atom. The minimum atomic E-state index is -0.463. The summed E-state index contributed by atoms with van der Waals surface area (Å²) < 4.78 is 16.1. The molecule has 0 aliphatic carbocycles. The van der Waals surface area contributed by atoms with Crippen molar-refractivity contribution in [3.05, 3.63) is 29.8 Å². The first-order valence-corrected chi connectivity index (χ1v) is 8.41. The van der Waals surface area contributed by atoms with Crippen LogP contribution >= 0.6 is 0 Å². The quantitative estimate of drug-likeness (QED) is 0.881. The van der Waals surface area contributed by atoms with Crippen LogP contribution < -0.4 is 11.1 Å². The van der Waals surface area contributed by atoms with Gasteiger partial charge in [0.25, 0.3) is 0 Å². The van der Waals surface area contributed by atoms with Crippen molar-refractivity contribution in [3.8, 4) is 11.4 Å². The Hall–Kier alpha value is -2.28. The molecule has 0 saturated heterocycles. The Bertz CT molecular complexity index is 728. The SMILES string of the molecule is NCCCC(=O)Nc1cc(-c2nnc3n2CCCCC3)ccc1F. The van der Waals surface area contributed by atoms with Gasteiger partial charge in [0.15, 0.2) is 5.82 Å². The molecule has 1 aliphatic rings. The molecular formula is C17H22FN5O. The Morgan fingerprint density at radius 3 is 3.00 bits per heavy atom. The van der Waals surface area contributed by atoms with Crippen molar-refractivity contribution in [1.82, 2.24) is 14.8 Å². The molecule has 0 saturated carbocycles. The summed E-state index contributed by atoms with van der Waals surface area (Å²) in [7, 11) is 0. The van der Waals surface area contributed by atoms with Gasteiger partial charge in [-0.05, 0) is 44.0 Å². The number of carbonyl (C=O) groups is 1. The summed E-state index contributed by atoms with van der Waals surface area (Å²) in [5.41, 5.74) is 6.32. The van der Waals surface area contributed by atoms with Crippen LogP contribution in [0.4, 0.5) is 10.1 Å². The van der Waals surface area contributed by atoms with Crippen LogP contribution in [0.25, 0.3) is 11.4 Å². The van der Waals surface area contributed by atoms with Crippen molar-refractivity contribution in [2.45, 2.75) is 45.1 Å². The highest BCUT2D eigenvalue weighted by Gasteiger charge is 2.17. The van der Waals surface area contributed by atoms with Crippen LogP contribution in [0.3, 0.4) is 0 Å². The van der Waals surface area contributed by atoms with E-state index in [0.29, 0.717) is 13.0 Å². The van der Waals surface area contributed by atoms with Crippen LogP contribution in [0.2, 0.25) is 0 Å². The van der Waals surface area contributed by atoms with Crippen LogP contribution in [0.1, 0.15) is 37.9 Å². The Morgan fingerprint density at radius 1 is 1.29 bits per heavy atom. The second-order valence-corrected chi connectivity index (χ2v) is 6.04. The van der Waals surface area contributed by atoms with Gasteiger partial charge >= 0.3 is 0 Å². The summed E-state index contributed by atoms with van der Waals surface area (Å²) in [6.45, 7) is 1.30. The molecule has 3 rings (SSSR count). The minimum absolute atomic E-state index is 0.167. The monoisotopic (exact) mass is 331 g/mol. The lowest BCUT2D eigenvalue weighted by Gasteiger charge is -2.10. The predicted molar refractivity (Wildman–Crippen MR) is 89.9 cm³/mol. The maximum absolute atomic E-state index is 14.0. The lowest BCUT2D eigenvalue weighted by Crippen LogP contribution is -2.14. The number of nitrogens with two attached hydrogens (primary N) is 1. The number of hydrogen-bond donors (Lipinski definition) is 2. The van der Waals surface area contributed by atoms with E-state index in [9.17, 15) is 9.18 Å². The van der Waals surface area contributed by atoms with Crippen molar-refractivity contribution in [3.63, 3.8) is 0 Å². The molecule has 0 radical (unpaired) electrons. The van der Waals surface area contributed by atoms with E-state index in [1.54, 1.807) is 12.1 Å². The molecule has 0 spiro atoms. The molecule has 1 aromatic heterocycles. The molecule has 0 fully saturated rings. The van der Waals surface area contributed by atoms with E-state index < -0.39 is 5.82 Å². The van der Waals surface area contributed by atoms with Gasteiger partial charge in [-0.2, -0.15) is 0 Å². The topological polar surface area (TPSA) is 85.8 Å². The number of halogens is 1. The third-order valence-corrected chi connectivity index (χ3v) is 4.22. The molecule has 0 atom stereocenters. The van der Waals surface area contributed by atoms with E-state index >= 15 is 0 Å². The van der Waals surface area contributed by atoms with E-state index in [1.807, 2.05) is 0 Å². The molecule has 0 bridgehead atoms. The lowest BCUT2D eigenvalue weighted by molar-refractivity contribution is -0.116. The fourth-order valence-electron chi connectivity index (χ4n) is 2.93. The van der Waals surface area contributed by atoms with Gasteiger partial charge in [-0.25, -0.2) is 4.39 Å². The third-order valence-electron chi connectivity index (χ3n) is 4.22. The van der Waals surface area contributed by atoms with Crippen LogP contribution in [-0.4, -0.2) is 27.2 Å². The van der Waals surface area contributed by atoms with Gasteiger partial charge in [0.05, 0.1) is 5.69 Å². The summed E-state index contributed by atoms with van der Waals surface area (Å²) in [5.74, 6) is 0.997. The maximum Gasteiger partial charge on any atom is 0.224 e. The van der Waals surface area contributed by atoms with Crippen molar-refractivity contribution >= 4 is 11.6 Å². The molecule has 1 aromatic carbocycles. The standard InChI is InChI=1S/C17H22FN5O/c18-13-8-7-12(11-14(13)20-16(24)6-4-9-19)17-22-21-15-5-2-1-3-10-23(15)17/h7-8,11H,1-6,9-10,19H2,(H,20,24). The molecule has 1 amide bonds. The first kappa shape index (κ1) is 16.6. The van der Waals surface area contributed by atoms with Gasteiger partial charge < -0.3 is 15.6 Å². The number of aromatic nitrogens is 3. The normalized spacial score (nSPS) is 14.1. The van der Waals surface area contributed by atoms with E-state index in [4.69, 9.17) is 5.73 Å². The summed E-state index contributed by atoms with van der Waals surface area (Å²) in [6, 6.07) is 4.65. The first-order valence-electron chi connectivity index (χ1n) is 8.41. The number of nitrogens with zero attached hydrogens (tertiary/aromatic N) is 3. The molecule has 1 aliphatic heterocycles. The van der Waals surface area contributed by atoms with Gasteiger partial charge in [0.1, 0.15) is 11.6 Å². The summed E-state index contributed by atoms with van der Waals surface area (Å²) in [6.07, 6.45) is 5.14. The number of amides is 1. The van der Waals surface area contributed by atoms with Crippen LogP contribution in [0, 0.1) is 5.82 Å². The highest BCUT2D eigenvalue weighted by Crippen LogP contribution is 2.26. The number of carbonyl (C=O) groups excluding carboxylic acids is 1. The Kier molecular flexibility index (Phi) is 5.20. The van der Waals surface area contributed by atoms with Crippen LogP contribution in [-0.2, 0) is 17.8 Å². The number of aryl methyl sites for hydroxylation is 1. The average molecular weight is 331 g/mol. The maximum atomic E-state index is 14.0. The lowest BCUT2D eigenvalue weighted by atomic mass is 10.1.